The predicted molar refractivity (Wildman–Crippen MR) is 96.5 cm³/mol. The average molecular weight is 382 g/mol. The van der Waals surface area contributed by atoms with Crippen molar-refractivity contribution in [3.8, 4) is 11.4 Å². The summed E-state index contributed by atoms with van der Waals surface area (Å²) in [6.07, 6.45) is 3.13. The lowest BCUT2D eigenvalue weighted by molar-refractivity contribution is -0.137. The molecule has 3 aromatic heterocycles. The molecule has 0 aliphatic heterocycles. The van der Waals surface area contributed by atoms with Crippen LogP contribution in [0.1, 0.15) is 16.2 Å². The maximum Gasteiger partial charge on any atom is 0.287 e. The summed E-state index contributed by atoms with van der Waals surface area (Å²) < 4.78 is 8.09. The summed E-state index contributed by atoms with van der Waals surface area (Å²) in [5, 5.41) is 2.51. The van der Waals surface area contributed by atoms with Gasteiger partial charge < -0.3 is 11.1 Å². The Morgan fingerprint density at radius 3 is 2.41 bits per heavy atom. The smallest absolute Gasteiger partial charge is 0.287 e. The molecule has 136 valence electrons. The van der Waals surface area contributed by atoms with Crippen LogP contribution in [0.5, 0.6) is 0 Å². The molecule has 0 aromatic carbocycles. The molecule has 0 saturated carbocycles. The summed E-state index contributed by atoms with van der Waals surface area (Å²) in [6, 6.07) is 9.14. The number of nitrogens with two attached hydrogens (primary N) is 1. The minimum Gasteiger partial charge on any atom is -0.363 e. The maximum atomic E-state index is 12.7. The monoisotopic (exact) mass is 382 g/mol. The molecule has 1 unspecified atom stereocenters. The van der Waals surface area contributed by atoms with Crippen LogP contribution in [0.4, 0.5) is 0 Å². The van der Waals surface area contributed by atoms with Gasteiger partial charge in [-0.25, -0.2) is 0 Å². The third-order valence-corrected chi connectivity index (χ3v) is 4.14. The van der Waals surface area contributed by atoms with Crippen LogP contribution in [0, 0.1) is 0 Å². The summed E-state index contributed by atoms with van der Waals surface area (Å²) in [7, 11) is 0. The van der Waals surface area contributed by atoms with E-state index < -0.39 is 23.6 Å². The topological polar surface area (TPSA) is 141 Å². The third kappa shape index (κ3) is 4.36. The minimum atomic E-state index is -1.16. The lowest BCUT2D eigenvalue weighted by Crippen LogP contribution is -2.47. The lowest BCUT2D eigenvalue weighted by atomic mass is 10.1. The third-order valence-electron chi connectivity index (χ3n) is 3.62. The molecule has 0 aliphatic carbocycles. The highest BCUT2D eigenvalue weighted by atomic mass is 32.1. The van der Waals surface area contributed by atoms with Crippen molar-refractivity contribution in [1.29, 1.82) is 0 Å². The number of carbonyl (C=O) groups is 3. The van der Waals surface area contributed by atoms with E-state index in [1.807, 2.05) is 0 Å². The van der Waals surface area contributed by atoms with Crippen LogP contribution < -0.4 is 11.1 Å². The predicted octanol–water partition coefficient (Wildman–Crippen LogP) is 0.391. The lowest BCUT2D eigenvalue weighted by Gasteiger charge is -2.15. The fraction of sp³-hybridized carbons (Fsp3) is 0.118. The van der Waals surface area contributed by atoms with Crippen molar-refractivity contribution in [2.24, 2.45) is 5.73 Å². The van der Waals surface area contributed by atoms with E-state index in [4.69, 9.17) is 5.73 Å². The van der Waals surface area contributed by atoms with E-state index in [1.165, 1.54) is 0 Å². The second-order valence-electron chi connectivity index (χ2n) is 5.46. The quantitative estimate of drug-likeness (QED) is 0.563. The molecule has 0 fully saturated rings. The second-order valence-corrected chi connectivity index (χ2v) is 5.98. The largest absolute Gasteiger partial charge is 0.363 e. The molecule has 0 spiro atoms. The number of nitrogens with one attached hydrogen (secondary N) is 1. The first-order valence-electron chi connectivity index (χ1n) is 7.84. The zero-order valence-corrected chi connectivity index (χ0v) is 14.7. The van der Waals surface area contributed by atoms with Gasteiger partial charge in [0.2, 0.25) is 5.78 Å². The normalized spacial score (nSPS) is 11.6. The number of aromatic nitrogens is 4. The van der Waals surface area contributed by atoms with Gasteiger partial charge in [-0.2, -0.15) is 8.75 Å². The summed E-state index contributed by atoms with van der Waals surface area (Å²) in [5.41, 5.74) is 6.42. The number of ketones is 1. The molecule has 10 heteroatoms. The van der Waals surface area contributed by atoms with Crippen LogP contribution in [-0.4, -0.2) is 42.4 Å². The first kappa shape index (κ1) is 18.3. The molecular formula is C17H14N6O3S. The van der Waals surface area contributed by atoms with E-state index in [9.17, 15) is 14.4 Å². The van der Waals surface area contributed by atoms with Crippen LogP contribution in [0.25, 0.3) is 11.4 Å². The Kier molecular flexibility index (Phi) is 5.57. The van der Waals surface area contributed by atoms with Crippen LogP contribution in [0.3, 0.4) is 0 Å². The first-order chi connectivity index (χ1) is 13.1. The maximum absolute atomic E-state index is 12.7. The highest BCUT2D eigenvalue weighted by Gasteiger charge is 2.28. The molecule has 0 bridgehead atoms. The van der Waals surface area contributed by atoms with Gasteiger partial charge in [0.15, 0.2) is 5.69 Å². The molecule has 9 nitrogen and oxygen atoms in total. The molecule has 3 N–H and O–H groups in total. The number of hydrogen-bond donors (Lipinski definition) is 2. The molecule has 3 aromatic rings. The molecule has 2 amide bonds. The Morgan fingerprint density at radius 1 is 1.04 bits per heavy atom. The number of nitrogens with zero attached hydrogens (tertiary/aromatic N) is 4. The van der Waals surface area contributed by atoms with Gasteiger partial charge in [-0.3, -0.25) is 24.4 Å². The van der Waals surface area contributed by atoms with Gasteiger partial charge >= 0.3 is 0 Å². The van der Waals surface area contributed by atoms with Crippen LogP contribution in [-0.2, 0) is 16.0 Å². The van der Waals surface area contributed by atoms with E-state index in [0.717, 1.165) is 11.7 Å². The van der Waals surface area contributed by atoms with Gasteiger partial charge in [-0.05, 0) is 24.3 Å². The van der Waals surface area contributed by atoms with Gasteiger partial charge in [0.25, 0.3) is 11.8 Å². The molecule has 1 atom stereocenters. The van der Waals surface area contributed by atoms with E-state index in [2.05, 4.69) is 24.0 Å². The van der Waals surface area contributed by atoms with E-state index in [1.54, 1.807) is 48.8 Å². The van der Waals surface area contributed by atoms with Crippen molar-refractivity contribution in [3.05, 3.63) is 60.2 Å². The molecular weight excluding hydrogens is 368 g/mol. The van der Waals surface area contributed by atoms with E-state index in [-0.39, 0.29) is 12.1 Å². The Labute approximate surface area is 158 Å². The fourth-order valence-corrected chi connectivity index (χ4v) is 2.90. The molecule has 0 saturated heterocycles. The van der Waals surface area contributed by atoms with Crippen LogP contribution in [0.2, 0.25) is 0 Å². The Hall–Kier alpha value is -3.53. The second kappa shape index (κ2) is 8.23. The van der Waals surface area contributed by atoms with E-state index in [0.29, 0.717) is 17.1 Å². The Morgan fingerprint density at radius 2 is 1.78 bits per heavy atom. The molecule has 3 rings (SSSR count). The number of amides is 2. The summed E-state index contributed by atoms with van der Waals surface area (Å²) in [4.78, 5) is 44.4. The van der Waals surface area contributed by atoms with Crippen LogP contribution >= 0.6 is 11.7 Å². The van der Waals surface area contributed by atoms with Crippen molar-refractivity contribution in [2.45, 2.75) is 12.5 Å². The van der Waals surface area contributed by atoms with Crippen molar-refractivity contribution >= 4 is 29.3 Å². The van der Waals surface area contributed by atoms with Gasteiger partial charge in [0.1, 0.15) is 11.7 Å². The number of Topliss-reactive ketones (excluding diaryl/α,β-unsaturated/α-hetero) is 1. The van der Waals surface area contributed by atoms with Crippen molar-refractivity contribution in [3.63, 3.8) is 0 Å². The zero-order valence-electron chi connectivity index (χ0n) is 13.9. The summed E-state index contributed by atoms with van der Waals surface area (Å²) >= 11 is 0.845. The van der Waals surface area contributed by atoms with Crippen molar-refractivity contribution in [2.75, 3.05) is 0 Å². The summed E-state index contributed by atoms with van der Waals surface area (Å²) in [6.45, 7) is 0. The molecule has 0 radical (unpaired) electrons. The van der Waals surface area contributed by atoms with Gasteiger partial charge in [0, 0.05) is 24.5 Å². The van der Waals surface area contributed by atoms with Gasteiger partial charge in [-0.1, -0.05) is 12.1 Å². The highest BCUT2D eigenvalue weighted by Crippen LogP contribution is 2.19. The number of carbonyl (C=O) groups excluding carboxylic acids is 3. The minimum absolute atomic E-state index is 0.0157. The van der Waals surface area contributed by atoms with E-state index >= 15 is 0 Å². The molecule has 3 heterocycles. The molecule has 27 heavy (non-hydrogen) atoms. The highest BCUT2D eigenvalue weighted by molar-refractivity contribution is 6.99. The number of pyridine rings is 2. The standard InChI is InChI=1S/C17H14N6O3S/c18-16(25)15(24)12(9-10-5-1-3-7-19-10)21-17(26)14-13(22-27-23-14)11-6-2-4-8-20-11/h1-8,12H,9H2,(H2,18,25)(H,21,26). The van der Waals surface area contributed by atoms with Crippen molar-refractivity contribution < 1.29 is 14.4 Å². The number of rotatable bonds is 7. The Balaban J connectivity index is 1.84. The Bertz CT molecular complexity index is 961. The van der Waals surface area contributed by atoms with Crippen molar-refractivity contribution in [1.82, 2.24) is 24.0 Å². The number of primary amides is 1. The van der Waals surface area contributed by atoms with Crippen LogP contribution in [0.15, 0.2) is 48.8 Å². The zero-order chi connectivity index (χ0) is 19.2. The van der Waals surface area contributed by atoms with Gasteiger partial charge in [-0.15, -0.1) is 0 Å². The molecule has 0 aliphatic rings. The SMILES string of the molecule is NC(=O)C(=O)C(Cc1ccccn1)NC(=O)c1nsnc1-c1ccccn1. The number of hydrogen-bond acceptors (Lipinski definition) is 8. The first-order valence-corrected chi connectivity index (χ1v) is 8.57. The summed E-state index contributed by atoms with van der Waals surface area (Å²) in [5.74, 6) is -2.71. The van der Waals surface area contributed by atoms with Gasteiger partial charge in [0.05, 0.1) is 17.4 Å². The average Bonchev–Trinajstić information content (AvgIpc) is 3.18. The fourth-order valence-electron chi connectivity index (χ4n) is 2.34.